The zero-order valence-corrected chi connectivity index (χ0v) is 16.3. The van der Waals surface area contributed by atoms with Crippen molar-refractivity contribution in [3.8, 4) is 23.3 Å². The van der Waals surface area contributed by atoms with Gasteiger partial charge in [-0.2, -0.15) is 5.26 Å². The summed E-state index contributed by atoms with van der Waals surface area (Å²) in [6.07, 6.45) is 3.20. The molecule has 28 heavy (non-hydrogen) atoms. The molecule has 2 rings (SSSR count). The number of amides is 1. The maximum atomic E-state index is 12.3. The molecule has 0 unspecified atom stereocenters. The molecular formula is C22H24N2O4. The molecule has 0 aliphatic carbocycles. The number of rotatable bonds is 9. The predicted molar refractivity (Wildman–Crippen MR) is 107 cm³/mol. The van der Waals surface area contributed by atoms with Crippen molar-refractivity contribution in [3.63, 3.8) is 0 Å². The number of para-hydroxylation sites is 1. The van der Waals surface area contributed by atoms with Gasteiger partial charge in [-0.25, -0.2) is 0 Å². The number of nitrogens with zero attached hydrogens (tertiary/aromatic N) is 2. The van der Waals surface area contributed by atoms with Crippen LogP contribution in [0.2, 0.25) is 0 Å². The van der Waals surface area contributed by atoms with E-state index >= 15 is 0 Å². The Morgan fingerprint density at radius 1 is 1.14 bits per heavy atom. The smallest absolute Gasteiger partial charge is 0.246 e. The van der Waals surface area contributed by atoms with Crippen LogP contribution in [0.5, 0.6) is 17.2 Å². The number of nitriles is 1. The maximum Gasteiger partial charge on any atom is 0.246 e. The Hall–Kier alpha value is -3.46. The van der Waals surface area contributed by atoms with E-state index in [9.17, 15) is 4.79 Å². The van der Waals surface area contributed by atoms with Crippen LogP contribution in [0, 0.1) is 18.3 Å². The van der Waals surface area contributed by atoms with Crippen molar-refractivity contribution < 1.29 is 19.0 Å². The highest BCUT2D eigenvalue weighted by Crippen LogP contribution is 2.28. The molecule has 0 saturated heterocycles. The van der Waals surface area contributed by atoms with Crippen LogP contribution in [0.4, 0.5) is 0 Å². The van der Waals surface area contributed by atoms with E-state index in [1.165, 1.54) is 13.2 Å². The third kappa shape index (κ3) is 6.06. The molecule has 146 valence electrons. The molecule has 0 aromatic heterocycles. The molecule has 0 aliphatic rings. The second kappa shape index (κ2) is 10.6. The largest absolute Gasteiger partial charge is 0.493 e. The first-order valence-corrected chi connectivity index (χ1v) is 8.84. The van der Waals surface area contributed by atoms with Gasteiger partial charge in [0.15, 0.2) is 18.1 Å². The Morgan fingerprint density at radius 2 is 1.93 bits per heavy atom. The Labute approximate surface area is 165 Å². The minimum Gasteiger partial charge on any atom is -0.493 e. The van der Waals surface area contributed by atoms with Gasteiger partial charge in [0.25, 0.3) is 0 Å². The summed E-state index contributed by atoms with van der Waals surface area (Å²) < 4.78 is 16.3. The molecule has 0 N–H and O–H groups in total. The van der Waals surface area contributed by atoms with Crippen LogP contribution in [0.3, 0.4) is 0 Å². The van der Waals surface area contributed by atoms with Crippen molar-refractivity contribution in [2.45, 2.75) is 6.92 Å². The first-order chi connectivity index (χ1) is 13.5. The number of carbonyl (C=O) groups is 1. The van der Waals surface area contributed by atoms with E-state index in [0.717, 1.165) is 16.9 Å². The van der Waals surface area contributed by atoms with Gasteiger partial charge in [0.1, 0.15) is 18.4 Å². The summed E-state index contributed by atoms with van der Waals surface area (Å²) in [5, 5.41) is 8.60. The molecule has 6 heteroatoms. The summed E-state index contributed by atoms with van der Waals surface area (Å²) in [7, 11) is 3.25. The lowest BCUT2D eigenvalue weighted by molar-refractivity contribution is -0.125. The number of likely N-dealkylation sites (N-methyl/N-ethyl adjacent to an activating group) is 1. The molecule has 2 aromatic rings. The van der Waals surface area contributed by atoms with E-state index < -0.39 is 0 Å². The highest BCUT2D eigenvalue weighted by Gasteiger charge is 2.07. The van der Waals surface area contributed by atoms with Gasteiger partial charge in [-0.05, 0) is 42.3 Å². The zero-order valence-electron chi connectivity index (χ0n) is 16.3. The van der Waals surface area contributed by atoms with Crippen LogP contribution >= 0.6 is 0 Å². The summed E-state index contributed by atoms with van der Waals surface area (Å²) in [4.78, 5) is 13.9. The molecule has 1 amide bonds. The van der Waals surface area contributed by atoms with Gasteiger partial charge in [0.2, 0.25) is 5.91 Å². The molecule has 0 fully saturated rings. The maximum absolute atomic E-state index is 12.3. The van der Waals surface area contributed by atoms with Crippen LogP contribution in [-0.2, 0) is 4.79 Å². The quantitative estimate of drug-likeness (QED) is 0.623. The van der Waals surface area contributed by atoms with Gasteiger partial charge in [0, 0.05) is 13.1 Å². The molecular weight excluding hydrogens is 356 g/mol. The van der Waals surface area contributed by atoms with Gasteiger partial charge < -0.3 is 19.1 Å². The normalized spacial score (nSPS) is 10.4. The van der Waals surface area contributed by atoms with Crippen molar-refractivity contribution in [2.75, 3.05) is 33.9 Å². The Bertz CT molecular complexity index is 871. The monoisotopic (exact) mass is 380 g/mol. The van der Waals surface area contributed by atoms with E-state index in [1.54, 1.807) is 36.2 Å². The van der Waals surface area contributed by atoms with Crippen LogP contribution in [-0.4, -0.2) is 44.7 Å². The molecule has 0 spiro atoms. The Morgan fingerprint density at radius 3 is 2.64 bits per heavy atom. The summed E-state index contributed by atoms with van der Waals surface area (Å²) in [6.45, 7) is 2.82. The summed E-state index contributed by atoms with van der Waals surface area (Å²) in [6, 6.07) is 14.9. The molecule has 0 bridgehead atoms. The second-order valence-corrected chi connectivity index (χ2v) is 6.06. The number of benzene rings is 2. The number of carbonyl (C=O) groups excluding carboxylic acids is 1. The zero-order chi connectivity index (χ0) is 20.4. The molecule has 0 radical (unpaired) electrons. The van der Waals surface area contributed by atoms with Crippen LogP contribution in [0.15, 0.2) is 48.5 Å². The van der Waals surface area contributed by atoms with Crippen molar-refractivity contribution in [3.05, 3.63) is 59.7 Å². The van der Waals surface area contributed by atoms with Crippen molar-refractivity contribution in [2.24, 2.45) is 0 Å². The molecule has 0 heterocycles. The van der Waals surface area contributed by atoms with E-state index in [0.29, 0.717) is 24.7 Å². The third-order valence-electron chi connectivity index (χ3n) is 4.05. The molecule has 2 aromatic carbocycles. The minimum atomic E-state index is -0.128. The Balaban J connectivity index is 1.89. The van der Waals surface area contributed by atoms with E-state index in [1.807, 2.05) is 37.3 Å². The summed E-state index contributed by atoms with van der Waals surface area (Å²) in [5.41, 5.74) is 1.85. The van der Waals surface area contributed by atoms with Crippen LogP contribution < -0.4 is 14.2 Å². The fourth-order valence-corrected chi connectivity index (χ4v) is 2.43. The lowest BCUT2D eigenvalue weighted by Crippen LogP contribution is -2.29. The van der Waals surface area contributed by atoms with Gasteiger partial charge in [0.05, 0.1) is 13.7 Å². The first-order valence-electron chi connectivity index (χ1n) is 8.84. The van der Waals surface area contributed by atoms with Crippen LogP contribution in [0.1, 0.15) is 11.1 Å². The average Bonchev–Trinajstić information content (AvgIpc) is 2.71. The van der Waals surface area contributed by atoms with Gasteiger partial charge in [-0.1, -0.05) is 24.3 Å². The summed E-state index contributed by atoms with van der Waals surface area (Å²) in [5.74, 6) is 1.68. The first kappa shape index (κ1) is 20.8. The number of aryl methyl sites for hydroxylation is 1. The standard InChI is InChI=1S/C22H24N2O4/c1-17-6-4-5-7-19(17)28-15-13-24(2)22(25)11-9-18-8-10-20(27-14-12-23)21(16-18)26-3/h4-11,16H,13-15H2,1-3H3/b11-9+. The van der Waals surface area contributed by atoms with Gasteiger partial charge in [-0.3, -0.25) is 4.79 Å². The number of methoxy groups -OCH3 is 1. The van der Waals surface area contributed by atoms with Gasteiger partial charge >= 0.3 is 0 Å². The lowest BCUT2D eigenvalue weighted by atomic mass is 10.2. The SMILES string of the molecule is COc1cc(/C=C/C(=O)N(C)CCOc2ccccc2C)ccc1OCC#N. The average molecular weight is 380 g/mol. The highest BCUT2D eigenvalue weighted by molar-refractivity contribution is 5.91. The number of hydrogen-bond donors (Lipinski definition) is 0. The van der Waals surface area contributed by atoms with E-state index in [4.69, 9.17) is 19.5 Å². The topological polar surface area (TPSA) is 71.8 Å². The molecule has 0 saturated carbocycles. The lowest BCUT2D eigenvalue weighted by Gasteiger charge is -2.16. The van der Waals surface area contributed by atoms with E-state index in [-0.39, 0.29) is 12.5 Å². The molecule has 0 atom stereocenters. The number of hydrogen-bond acceptors (Lipinski definition) is 5. The predicted octanol–water partition coefficient (Wildman–Crippen LogP) is 3.46. The third-order valence-corrected chi connectivity index (χ3v) is 4.05. The minimum absolute atomic E-state index is 0.0561. The molecule has 6 nitrogen and oxygen atoms in total. The van der Waals surface area contributed by atoms with Crippen LogP contribution in [0.25, 0.3) is 6.08 Å². The fourth-order valence-electron chi connectivity index (χ4n) is 2.43. The fraction of sp³-hybridized carbons (Fsp3) is 0.273. The highest BCUT2D eigenvalue weighted by atomic mass is 16.5. The second-order valence-electron chi connectivity index (χ2n) is 6.06. The van der Waals surface area contributed by atoms with Crippen molar-refractivity contribution >= 4 is 12.0 Å². The van der Waals surface area contributed by atoms with Crippen molar-refractivity contribution in [1.82, 2.24) is 4.90 Å². The van der Waals surface area contributed by atoms with Gasteiger partial charge in [-0.15, -0.1) is 0 Å². The van der Waals surface area contributed by atoms with E-state index in [2.05, 4.69) is 0 Å². The number of ether oxygens (including phenoxy) is 3. The van der Waals surface area contributed by atoms with Crippen molar-refractivity contribution in [1.29, 1.82) is 5.26 Å². The molecule has 0 aliphatic heterocycles. The summed E-state index contributed by atoms with van der Waals surface area (Å²) >= 11 is 0. The Kier molecular flexibility index (Phi) is 7.92.